The van der Waals surface area contributed by atoms with Gasteiger partial charge in [0, 0.05) is 14.1 Å². The molecule has 0 atom stereocenters. The molecule has 54 valence electrons. The van der Waals surface area contributed by atoms with Crippen molar-refractivity contribution < 1.29 is 4.79 Å². The molecule has 0 saturated heterocycles. The molecule has 0 aromatic carbocycles. The minimum atomic E-state index is 0.134. The largest absolute Gasteiger partial charge is 0.348 e. The third kappa shape index (κ3) is 4.29. The van der Waals surface area contributed by atoms with Crippen molar-refractivity contribution in [3.8, 4) is 0 Å². The van der Waals surface area contributed by atoms with Gasteiger partial charge in [0.1, 0.15) is 0 Å². The Kier molecular flexibility index (Phi) is 4.53. The van der Waals surface area contributed by atoms with Crippen LogP contribution in [0.15, 0.2) is 0 Å². The number of hydrogen-bond donors (Lipinski definition) is 1. The van der Waals surface area contributed by atoms with Crippen LogP contribution in [0, 0.1) is 0 Å². The standard InChI is InChI=1S/C5H12N2OS/c1-6-9-4-5(8)7(2)3/h6H,4H2,1-3H3. The smallest absolute Gasteiger partial charge is 0.233 e. The Hall–Kier alpha value is -0.220. The monoisotopic (exact) mass is 148 g/mol. The summed E-state index contributed by atoms with van der Waals surface area (Å²) in [5.74, 6) is 0.637. The number of nitrogens with zero attached hydrogens (tertiary/aromatic N) is 1. The van der Waals surface area contributed by atoms with E-state index in [0.717, 1.165) is 0 Å². The lowest BCUT2D eigenvalue weighted by Gasteiger charge is -2.08. The van der Waals surface area contributed by atoms with Crippen LogP contribution in [0.4, 0.5) is 0 Å². The molecule has 0 aliphatic carbocycles. The Labute approximate surface area is 59.9 Å². The number of hydrogen-bond acceptors (Lipinski definition) is 3. The zero-order valence-electron chi connectivity index (χ0n) is 5.97. The molecule has 0 saturated carbocycles. The molecule has 0 aromatic heterocycles. The molecule has 0 bridgehead atoms. The van der Waals surface area contributed by atoms with Gasteiger partial charge in [0.05, 0.1) is 5.75 Å². The highest BCUT2D eigenvalue weighted by molar-refractivity contribution is 7.98. The fourth-order valence-electron chi connectivity index (χ4n) is 0.263. The SMILES string of the molecule is CNSCC(=O)N(C)C. The predicted octanol–water partition coefficient (Wildman–Crippen LogP) is -0.0578. The molecule has 9 heavy (non-hydrogen) atoms. The highest BCUT2D eigenvalue weighted by Crippen LogP contribution is 1.91. The number of nitrogens with one attached hydrogen (secondary N) is 1. The Bertz CT molecular complexity index is 95.0. The lowest BCUT2D eigenvalue weighted by molar-refractivity contribution is -0.125. The van der Waals surface area contributed by atoms with Crippen molar-refractivity contribution in [3.05, 3.63) is 0 Å². The summed E-state index contributed by atoms with van der Waals surface area (Å²) in [6, 6.07) is 0. The van der Waals surface area contributed by atoms with Crippen molar-refractivity contribution >= 4 is 17.9 Å². The maximum atomic E-state index is 10.8. The average Bonchev–Trinajstić information content (AvgIpc) is 1.82. The van der Waals surface area contributed by atoms with Crippen molar-refractivity contribution in [1.29, 1.82) is 0 Å². The molecule has 1 N–H and O–H groups in total. The van der Waals surface area contributed by atoms with E-state index < -0.39 is 0 Å². The summed E-state index contributed by atoms with van der Waals surface area (Å²) in [7, 11) is 5.30. The van der Waals surface area contributed by atoms with Crippen LogP contribution in [0.25, 0.3) is 0 Å². The normalized spacial score (nSPS) is 9.22. The molecule has 0 unspecified atom stereocenters. The van der Waals surface area contributed by atoms with E-state index in [-0.39, 0.29) is 5.91 Å². The first-order chi connectivity index (χ1) is 4.18. The molecule has 0 spiro atoms. The van der Waals surface area contributed by atoms with Gasteiger partial charge in [0.2, 0.25) is 5.91 Å². The van der Waals surface area contributed by atoms with Crippen LogP contribution in [0.3, 0.4) is 0 Å². The molecule has 3 nitrogen and oxygen atoms in total. The topological polar surface area (TPSA) is 32.3 Å². The van der Waals surface area contributed by atoms with Gasteiger partial charge in [-0.15, -0.1) is 0 Å². The quantitative estimate of drug-likeness (QED) is 0.569. The summed E-state index contributed by atoms with van der Waals surface area (Å²) < 4.78 is 2.82. The van der Waals surface area contributed by atoms with Gasteiger partial charge in [-0.1, -0.05) is 11.9 Å². The van der Waals surface area contributed by atoms with Gasteiger partial charge in [-0.3, -0.25) is 9.52 Å². The van der Waals surface area contributed by atoms with Gasteiger partial charge in [-0.2, -0.15) is 0 Å². The van der Waals surface area contributed by atoms with E-state index >= 15 is 0 Å². The maximum Gasteiger partial charge on any atom is 0.233 e. The zero-order valence-corrected chi connectivity index (χ0v) is 6.79. The van der Waals surface area contributed by atoms with Crippen molar-refractivity contribution in [3.63, 3.8) is 0 Å². The molecule has 0 fully saturated rings. The maximum absolute atomic E-state index is 10.8. The zero-order chi connectivity index (χ0) is 7.28. The molecule has 0 heterocycles. The van der Waals surface area contributed by atoms with Gasteiger partial charge in [-0.05, 0) is 7.05 Å². The molecule has 0 radical (unpaired) electrons. The second-order valence-corrected chi connectivity index (χ2v) is 2.77. The second kappa shape index (κ2) is 4.64. The first kappa shape index (κ1) is 8.78. The van der Waals surface area contributed by atoms with E-state index in [2.05, 4.69) is 4.72 Å². The van der Waals surface area contributed by atoms with E-state index in [0.29, 0.717) is 5.75 Å². The van der Waals surface area contributed by atoms with E-state index in [1.807, 2.05) is 0 Å². The van der Waals surface area contributed by atoms with Gasteiger partial charge in [-0.25, -0.2) is 0 Å². The average molecular weight is 148 g/mol. The van der Waals surface area contributed by atoms with E-state index in [1.54, 1.807) is 26.0 Å². The molecule has 1 amide bonds. The van der Waals surface area contributed by atoms with Crippen molar-refractivity contribution in [2.75, 3.05) is 26.9 Å². The molecular weight excluding hydrogens is 136 g/mol. The summed E-state index contributed by atoms with van der Waals surface area (Å²) in [4.78, 5) is 12.3. The first-order valence-corrected chi connectivity index (χ1v) is 3.65. The molecular formula is C5H12N2OS. The molecule has 0 rings (SSSR count). The van der Waals surface area contributed by atoms with Crippen LogP contribution >= 0.6 is 11.9 Å². The van der Waals surface area contributed by atoms with E-state index in [1.165, 1.54) is 11.9 Å². The summed E-state index contributed by atoms with van der Waals surface area (Å²) in [5, 5.41) is 0. The number of amides is 1. The highest BCUT2D eigenvalue weighted by atomic mass is 32.2. The lowest BCUT2D eigenvalue weighted by atomic mass is 10.6. The minimum Gasteiger partial charge on any atom is -0.348 e. The van der Waals surface area contributed by atoms with Crippen LogP contribution in [0.2, 0.25) is 0 Å². The third-order valence-electron chi connectivity index (χ3n) is 0.839. The van der Waals surface area contributed by atoms with Crippen molar-refractivity contribution in [1.82, 2.24) is 9.62 Å². The lowest BCUT2D eigenvalue weighted by Crippen LogP contribution is -2.24. The summed E-state index contributed by atoms with van der Waals surface area (Å²) in [6.45, 7) is 0. The van der Waals surface area contributed by atoms with Crippen molar-refractivity contribution in [2.45, 2.75) is 0 Å². The minimum absolute atomic E-state index is 0.134. The molecule has 0 aliphatic heterocycles. The van der Waals surface area contributed by atoms with Crippen molar-refractivity contribution in [2.24, 2.45) is 0 Å². The first-order valence-electron chi connectivity index (χ1n) is 2.67. The fraction of sp³-hybridized carbons (Fsp3) is 0.800. The van der Waals surface area contributed by atoms with Crippen LogP contribution in [-0.2, 0) is 4.79 Å². The van der Waals surface area contributed by atoms with Gasteiger partial charge >= 0.3 is 0 Å². The Morgan fingerprint density at radius 2 is 2.22 bits per heavy atom. The van der Waals surface area contributed by atoms with Crippen LogP contribution < -0.4 is 4.72 Å². The summed E-state index contributed by atoms with van der Waals surface area (Å²) >= 11 is 1.40. The van der Waals surface area contributed by atoms with E-state index in [9.17, 15) is 4.79 Å². The third-order valence-corrected chi connectivity index (χ3v) is 1.52. The second-order valence-electron chi connectivity index (χ2n) is 1.78. The highest BCUT2D eigenvalue weighted by Gasteiger charge is 2.00. The van der Waals surface area contributed by atoms with E-state index in [4.69, 9.17) is 0 Å². The Morgan fingerprint density at radius 3 is 2.56 bits per heavy atom. The molecule has 0 aliphatic rings. The molecule has 0 aromatic rings. The summed E-state index contributed by atoms with van der Waals surface area (Å²) in [6.07, 6.45) is 0. The fourth-order valence-corrected chi connectivity index (χ4v) is 0.789. The summed E-state index contributed by atoms with van der Waals surface area (Å²) in [5.41, 5.74) is 0. The van der Waals surface area contributed by atoms with Gasteiger partial charge in [0.25, 0.3) is 0 Å². The number of rotatable bonds is 3. The van der Waals surface area contributed by atoms with Gasteiger partial charge < -0.3 is 4.90 Å². The molecule has 4 heteroatoms. The Morgan fingerprint density at radius 1 is 1.67 bits per heavy atom. The van der Waals surface area contributed by atoms with Crippen LogP contribution in [0.5, 0.6) is 0 Å². The van der Waals surface area contributed by atoms with Crippen LogP contribution in [0.1, 0.15) is 0 Å². The predicted molar refractivity (Wildman–Crippen MR) is 40.2 cm³/mol. The number of carbonyl (C=O) groups excluding carboxylic acids is 1. The number of carbonyl (C=O) groups is 1. The Balaban J connectivity index is 3.28. The van der Waals surface area contributed by atoms with Crippen LogP contribution in [-0.4, -0.2) is 37.7 Å². The van der Waals surface area contributed by atoms with Gasteiger partial charge in [0.15, 0.2) is 0 Å².